The first-order valence-electron chi connectivity index (χ1n) is 7.37. The van der Waals surface area contributed by atoms with Gasteiger partial charge in [-0.3, -0.25) is 14.5 Å². The monoisotopic (exact) mass is 308 g/mol. The Morgan fingerprint density at radius 3 is 2.17 bits per heavy atom. The zero-order valence-electron chi connectivity index (χ0n) is 12.6. The number of carbonyl (C=O) groups is 3. The van der Waals surface area contributed by atoms with Crippen molar-refractivity contribution in [1.82, 2.24) is 10.2 Å². The minimum absolute atomic E-state index is 0.261. The molecule has 1 saturated heterocycles. The number of hydrogen-bond acceptors (Lipinski definition) is 3. The number of nitrogens with one attached hydrogen (secondary N) is 1. The summed E-state index contributed by atoms with van der Waals surface area (Å²) in [6, 6.07) is 15.5. The van der Waals surface area contributed by atoms with Gasteiger partial charge in [0.25, 0.3) is 5.91 Å². The quantitative estimate of drug-likeness (QED) is 0.697. The minimum Gasteiger partial charge on any atom is -0.322 e. The highest BCUT2D eigenvalue weighted by molar-refractivity contribution is 6.10. The normalized spacial score (nSPS) is 18.7. The standard InChI is InChI=1S/C18H16N2O3/c1-12(16(21)14-10-6-3-7-11-14)20-17(22)15(19-18(20)23)13-8-4-2-5-9-13/h2-12,15H,1H3,(H,19,23). The van der Waals surface area contributed by atoms with E-state index in [0.29, 0.717) is 11.1 Å². The van der Waals surface area contributed by atoms with Crippen LogP contribution >= 0.6 is 0 Å². The molecule has 23 heavy (non-hydrogen) atoms. The molecule has 2 atom stereocenters. The predicted octanol–water partition coefficient (Wildman–Crippen LogP) is 2.55. The van der Waals surface area contributed by atoms with Gasteiger partial charge in [0.05, 0.1) is 0 Å². The number of amides is 3. The molecular formula is C18H16N2O3. The Hall–Kier alpha value is -2.95. The molecule has 0 radical (unpaired) electrons. The molecule has 0 saturated carbocycles. The number of carbonyl (C=O) groups excluding carboxylic acids is 3. The second-order valence-electron chi connectivity index (χ2n) is 5.41. The molecule has 0 aliphatic carbocycles. The summed E-state index contributed by atoms with van der Waals surface area (Å²) in [5, 5.41) is 2.64. The zero-order valence-corrected chi connectivity index (χ0v) is 12.6. The molecule has 1 aliphatic rings. The van der Waals surface area contributed by atoms with Crippen molar-refractivity contribution in [2.45, 2.75) is 19.0 Å². The summed E-state index contributed by atoms with van der Waals surface area (Å²) in [6.07, 6.45) is 0. The fraction of sp³-hybridized carbons (Fsp3) is 0.167. The lowest BCUT2D eigenvalue weighted by Crippen LogP contribution is -2.43. The summed E-state index contributed by atoms with van der Waals surface area (Å²) in [7, 11) is 0. The minimum atomic E-state index is -0.849. The van der Waals surface area contributed by atoms with E-state index in [9.17, 15) is 14.4 Å². The number of urea groups is 1. The van der Waals surface area contributed by atoms with E-state index in [1.54, 1.807) is 61.5 Å². The Kier molecular flexibility index (Phi) is 3.93. The third-order valence-corrected chi connectivity index (χ3v) is 3.93. The molecule has 1 aliphatic heterocycles. The molecule has 5 nitrogen and oxygen atoms in total. The smallest absolute Gasteiger partial charge is 0.322 e. The number of Topliss-reactive ketones (excluding diaryl/α,β-unsaturated/α-hetero) is 1. The van der Waals surface area contributed by atoms with Crippen LogP contribution < -0.4 is 5.32 Å². The second-order valence-corrected chi connectivity index (χ2v) is 5.41. The predicted molar refractivity (Wildman–Crippen MR) is 84.8 cm³/mol. The van der Waals surface area contributed by atoms with Crippen molar-refractivity contribution in [3.05, 3.63) is 71.8 Å². The van der Waals surface area contributed by atoms with Gasteiger partial charge in [-0.2, -0.15) is 0 Å². The van der Waals surface area contributed by atoms with Gasteiger partial charge < -0.3 is 5.32 Å². The van der Waals surface area contributed by atoms with E-state index >= 15 is 0 Å². The SMILES string of the molecule is CC(C(=O)c1ccccc1)N1C(=O)NC(c2ccccc2)C1=O. The summed E-state index contributed by atoms with van der Waals surface area (Å²) >= 11 is 0. The molecule has 1 N–H and O–H groups in total. The van der Waals surface area contributed by atoms with Crippen molar-refractivity contribution in [3.63, 3.8) is 0 Å². The van der Waals surface area contributed by atoms with Crippen molar-refractivity contribution in [2.75, 3.05) is 0 Å². The van der Waals surface area contributed by atoms with Crippen LogP contribution in [0.1, 0.15) is 28.9 Å². The average molecular weight is 308 g/mol. The summed E-state index contributed by atoms with van der Waals surface area (Å²) < 4.78 is 0. The third-order valence-electron chi connectivity index (χ3n) is 3.93. The highest BCUT2D eigenvalue weighted by Crippen LogP contribution is 2.24. The van der Waals surface area contributed by atoms with Crippen LogP contribution in [0, 0.1) is 0 Å². The van der Waals surface area contributed by atoms with Crippen LogP contribution in [0.5, 0.6) is 0 Å². The Balaban J connectivity index is 1.84. The number of hydrogen-bond donors (Lipinski definition) is 1. The molecule has 2 aromatic rings. The van der Waals surface area contributed by atoms with E-state index in [1.165, 1.54) is 0 Å². The lowest BCUT2D eigenvalue weighted by molar-refractivity contribution is -0.128. The average Bonchev–Trinajstić information content (AvgIpc) is 2.89. The van der Waals surface area contributed by atoms with Gasteiger partial charge in [0.15, 0.2) is 5.78 Å². The molecule has 1 fully saturated rings. The molecular weight excluding hydrogens is 292 g/mol. The van der Waals surface area contributed by atoms with Gasteiger partial charge in [0.2, 0.25) is 0 Å². The molecule has 2 unspecified atom stereocenters. The third kappa shape index (κ3) is 2.73. The summed E-state index contributed by atoms with van der Waals surface area (Å²) in [5.74, 6) is -0.666. The Morgan fingerprint density at radius 1 is 1.00 bits per heavy atom. The lowest BCUT2D eigenvalue weighted by atomic mass is 10.0. The van der Waals surface area contributed by atoms with Crippen LogP contribution in [0.25, 0.3) is 0 Å². The number of nitrogens with zero attached hydrogens (tertiary/aromatic N) is 1. The lowest BCUT2D eigenvalue weighted by Gasteiger charge is -2.20. The molecule has 0 bridgehead atoms. The molecule has 0 spiro atoms. The van der Waals surface area contributed by atoms with E-state index in [-0.39, 0.29) is 5.78 Å². The van der Waals surface area contributed by atoms with Crippen molar-refractivity contribution < 1.29 is 14.4 Å². The highest BCUT2D eigenvalue weighted by atomic mass is 16.2. The van der Waals surface area contributed by atoms with Crippen molar-refractivity contribution in [2.24, 2.45) is 0 Å². The van der Waals surface area contributed by atoms with Gasteiger partial charge >= 0.3 is 6.03 Å². The van der Waals surface area contributed by atoms with Gasteiger partial charge in [-0.15, -0.1) is 0 Å². The van der Waals surface area contributed by atoms with Crippen LogP contribution in [0.4, 0.5) is 4.79 Å². The molecule has 3 amide bonds. The second kappa shape index (κ2) is 6.04. The van der Waals surface area contributed by atoms with Crippen molar-refractivity contribution >= 4 is 17.7 Å². The molecule has 3 rings (SSSR count). The summed E-state index contributed by atoms with van der Waals surface area (Å²) in [5.41, 5.74) is 1.18. The summed E-state index contributed by atoms with van der Waals surface area (Å²) in [6.45, 7) is 1.57. The Bertz CT molecular complexity index is 743. The van der Waals surface area contributed by atoms with Crippen LogP contribution in [0.15, 0.2) is 60.7 Å². The van der Waals surface area contributed by atoms with Crippen LogP contribution in [-0.2, 0) is 4.79 Å². The Labute approximate surface area is 133 Å². The van der Waals surface area contributed by atoms with Crippen LogP contribution in [0.3, 0.4) is 0 Å². The maximum Gasteiger partial charge on any atom is 0.325 e. The first-order valence-corrected chi connectivity index (χ1v) is 7.37. The molecule has 1 heterocycles. The van der Waals surface area contributed by atoms with E-state index in [2.05, 4.69) is 5.32 Å². The van der Waals surface area contributed by atoms with Gasteiger partial charge in [-0.1, -0.05) is 60.7 Å². The van der Waals surface area contributed by atoms with Gasteiger partial charge in [-0.25, -0.2) is 4.79 Å². The number of rotatable bonds is 4. The fourth-order valence-electron chi connectivity index (χ4n) is 2.69. The molecule has 116 valence electrons. The van der Waals surface area contributed by atoms with E-state index in [1.807, 2.05) is 6.07 Å². The van der Waals surface area contributed by atoms with Crippen molar-refractivity contribution in [3.8, 4) is 0 Å². The topological polar surface area (TPSA) is 66.5 Å². The highest BCUT2D eigenvalue weighted by Gasteiger charge is 2.43. The maximum atomic E-state index is 12.6. The number of benzene rings is 2. The molecule has 2 aromatic carbocycles. The van der Waals surface area contributed by atoms with Gasteiger partial charge in [-0.05, 0) is 12.5 Å². The van der Waals surface area contributed by atoms with Crippen LogP contribution in [0.2, 0.25) is 0 Å². The van der Waals surface area contributed by atoms with Gasteiger partial charge in [0.1, 0.15) is 12.1 Å². The fourth-order valence-corrected chi connectivity index (χ4v) is 2.69. The maximum absolute atomic E-state index is 12.6. The summed E-state index contributed by atoms with van der Waals surface area (Å²) in [4.78, 5) is 38.3. The van der Waals surface area contributed by atoms with E-state index in [0.717, 1.165) is 4.90 Å². The van der Waals surface area contributed by atoms with Gasteiger partial charge in [0, 0.05) is 5.56 Å². The first kappa shape index (κ1) is 15.0. The molecule has 0 aromatic heterocycles. The van der Waals surface area contributed by atoms with Crippen molar-refractivity contribution in [1.29, 1.82) is 0 Å². The zero-order chi connectivity index (χ0) is 16.4. The van der Waals surface area contributed by atoms with E-state index < -0.39 is 24.0 Å². The largest absolute Gasteiger partial charge is 0.325 e. The number of ketones is 1. The Morgan fingerprint density at radius 2 is 1.57 bits per heavy atom. The molecule has 5 heteroatoms. The van der Waals surface area contributed by atoms with E-state index in [4.69, 9.17) is 0 Å². The van der Waals surface area contributed by atoms with Crippen LogP contribution in [-0.4, -0.2) is 28.7 Å². The first-order chi connectivity index (χ1) is 11.1. The number of imide groups is 1.